The minimum atomic E-state index is -0.666. The smallest absolute Gasteiger partial charge is 0.306 e. The van der Waals surface area contributed by atoms with Crippen LogP contribution >= 0.6 is 11.3 Å². The summed E-state index contributed by atoms with van der Waals surface area (Å²) in [6, 6.07) is 5.81. The number of fused-ring (bicyclic) bond motifs is 1. The third kappa shape index (κ3) is 3.16. The molecule has 1 aliphatic rings. The summed E-state index contributed by atoms with van der Waals surface area (Å²) in [5, 5.41) is 13.5. The molecule has 0 spiro atoms. The lowest BCUT2D eigenvalue weighted by molar-refractivity contribution is -0.144. The van der Waals surface area contributed by atoms with Crippen molar-refractivity contribution in [2.75, 3.05) is 19.0 Å². The van der Waals surface area contributed by atoms with E-state index >= 15 is 0 Å². The predicted octanol–water partition coefficient (Wildman–Crippen LogP) is 3.61. The maximum Gasteiger partial charge on any atom is 0.306 e. The number of anilines is 1. The number of methoxy groups -OCH3 is 1. The van der Waals surface area contributed by atoms with E-state index in [1.165, 1.54) is 0 Å². The number of nitrogens with zero attached hydrogens (tertiary/aromatic N) is 1. The third-order valence-electron chi connectivity index (χ3n) is 4.34. The zero-order chi connectivity index (χ0) is 15.5. The number of hydrogen-bond donors (Lipinski definition) is 2. The average Bonchev–Trinajstić information content (AvgIpc) is 2.94. The molecule has 1 fully saturated rings. The third-order valence-corrected chi connectivity index (χ3v) is 5.31. The van der Waals surface area contributed by atoms with E-state index in [1.807, 2.05) is 18.2 Å². The van der Waals surface area contributed by atoms with Crippen molar-refractivity contribution in [3.05, 3.63) is 18.2 Å². The number of carbonyl (C=O) groups is 1. The van der Waals surface area contributed by atoms with E-state index in [-0.39, 0.29) is 11.8 Å². The van der Waals surface area contributed by atoms with Crippen LogP contribution in [-0.4, -0.2) is 29.7 Å². The van der Waals surface area contributed by atoms with Gasteiger partial charge in [-0.1, -0.05) is 24.2 Å². The zero-order valence-electron chi connectivity index (χ0n) is 12.5. The highest BCUT2D eigenvalue weighted by atomic mass is 32.1. The fraction of sp³-hybridized carbons (Fsp3) is 0.500. The summed E-state index contributed by atoms with van der Waals surface area (Å²) in [5.74, 6) is 0.116. The number of carboxylic acid groups (broad SMARTS) is 1. The molecular weight excluding hydrogens is 300 g/mol. The fourth-order valence-electron chi connectivity index (χ4n) is 3.10. The van der Waals surface area contributed by atoms with Crippen LogP contribution in [0.15, 0.2) is 18.2 Å². The average molecular weight is 320 g/mol. The second-order valence-electron chi connectivity index (χ2n) is 5.72. The Labute approximate surface area is 133 Å². The number of carboxylic acids is 1. The molecule has 1 heterocycles. The predicted molar refractivity (Wildman–Crippen MR) is 87.7 cm³/mol. The Kier molecular flexibility index (Phi) is 4.47. The van der Waals surface area contributed by atoms with Gasteiger partial charge in [0.25, 0.3) is 0 Å². The highest BCUT2D eigenvalue weighted by Gasteiger charge is 2.30. The van der Waals surface area contributed by atoms with Gasteiger partial charge in [-0.2, -0.15) is 0 Å². The Morgan fingerprint density at radius 1 is 1.45 bits per heavy atom. The summed E-state index contributed by atoms with van der Waals surface area (Å²) in [4.78, 5) is 15.9. The maximum absolute atomic E-state index is 11.3. The molecule has 3 rings (SSSR count). The summed E-state index contributed by atoms with van der Waals surface area (Å²) in [6.45, 7) is 0.675. The molecule has 0 unspecified atom stereocenters. The normalized spacial score (nSPS) is 21.7. The van der Waals surface area contributed by atoms with Gasteiger partial charge in [0.15, 0.2) is 5.13 Å². The number of nitrogens with one attached hydrogen (secondary N) is 1. The van der Waals surface area contributed by atoms with Gasteiger partial charge in [-0.15, -0.1) is 0 Å². The van der Waals surface area contributed by atoms with Crippen molar-refractivity contribution in [2.45, 2.75) is 25.7 Å². The van der Waals surface area contributed by atoms with Crippen LogP contribution in [0.2, 0.25) is 0 Å². The summed E-state index contributed by atoms with van der Waals surface area (Å²) in [6.07, 6.45) is 3.91. The van der Waals surface area contributed by atoms with Crippen LogP contribution in [0.1, 0.15) is 25.7 Å². The first kappa shape index (κ1) is 15.1. The first-order valence-corrected chi connectivity index (χ1v) is 8.40. The molecule has 0 aliphatic heterocycles. The van der Waals surface area contributed by atoms with Gasteiger partial charge in [-0.25, -0.2) is 4.98 Å². The summed E-state index contributed by atoms with van der Waals surface area (Å²) in [7, 11) is 1.65. The molecule has 0 radical (unpaired) electrons. The molecule has 22 heavy (non-hydrogen) atoms. The Morgan fingerprint density at radius 2 is 2.27 bits per heavy atom. The van der Waals surface area contributed by atoms with Gasteiger partial charge in [0.2, 0.25) is 0 Å². The summed E-state index contributed by atoms with van der Waals surface area (Å²) in [5.41, 5.74) is 0.937. The van der Waals surface area contributed by atoms with Crippen LogP contribution in [-0.2, 0) is 4.79 Å². The Morgan fingerprint density at radius 3 is 3.05 bits per heavy atom. The van der Waals surface area contributed by atoms with Crippen molar-refractivity contribution in [2.24, 2.45) is 11.8 Å². The molecule has 6 heteroatoms. The van der Waals surface area contributed by atoms with Gasteiger partial charge in [0.05, 0.1) is 23.2 Å². The first-order chi connectivity index (χ1) is 10.7. The molecule has 0 saturated heterocycles. The van der Waals surface area contributed by atoms with E-state index in [1.54, 1.807) is 18.4 Å². The highest BCUT2D eigenvalue weighted by molar-refractivity contribution is 7.22. The molecule has 1 saturated carbocycles. The molecule has 0 bridgehead atoms. The van der Waals surface area contributed by atoms with Gasteiger partial charge in [0.1, 0.15) is 5.75 Å². The molecule has 118 valence electrons. The fourth-order valence-corrected chi connectivity index (χ4v) is 4.00. The van der Waals surface area contributed by atoms with E-state index in [4.69, 9.17) is 4.74 Å². The lowest BCUT2D eigenvalue weighted by atomic mass is 9.79. The minimum absolute atomic E-state index is 0.188. The number of hydrogen-bond acceptors (Lipinski definition) is 5. The standard InChI is InChI=1S/C16H20N2O3S/c1-21-11-6-7-13-14(8-11)22-16(18-13)17-9-10-4-2-3-5-12(10)15(19)20/h6-8,10,12H,2-5,9H2,1H3,(H,17,18)(H,19,20)/t10-,12-/m0/s1. The zero-order valence-corrected chi connectivity index (χ0v) is 13.4. The van der Waals surface area contributed by atoms with Gasteiger partial charge in [-0.05, 0) is 37.0 Å². The van der Waals surface area contributed by atoms with Gasteiger partial charge in [-0.3, -0.25) is 4.79 Å². The van der Waals surface area contributed by atoms with E-state index in [9.17, 15) is 9.90 Å². The second-order valence-corrected chi connectivity index (χ2v) is 6.75. The minimum Gasteiger partial charge on any atom is -0.497 e. The lowest BCUT2D eigenvalue weighted by Gasteiger charge is -2.28. The molecule has 1 aromatic carbocycles. The Hall–Kier alpha value is -1.82. The molecule has 2 N–H and O–H groups in total. The number of benzene rings is 1. The number of rotatable bonds is 5. The number of aliphatic carboxylic acids is 1. The molecule has 5 nitrogen and oxygen atoms in total. The number of ether oxygens (including phenoxy) is 1. The van der Waals surface area contributed by atoms with Crippen molar-refractivity contribution in [3.8, 4) is 5.75 Å². The molecule has 1 aromatic heterocycles. The summed E-state index contributed by atoms with van der Waals surface area (Å²) >= 11 is 1.58. The Balaban J connectivity index is 1.69. The first-order valence-electron chi connectivity index (χ1n) is 7.58. The molecular formula is C16H20N2O3S. The van der Waals surface area contributed by atoms with E-state index < -0.39 is 5.97 Å². The van der Waals surface area contributed by atoms with Gasteiger partial charge < -0.3 is 15.2 Å². The van der Waals surface area contributed by atoms with Crippen molar-refractivity contribution in [3.63, 3.8) is 0 Å². The molecule has 1 aliphatic carbocycles. The summed E-state index contributed by atoms with van der Waals surface area (Å²) < 4.78 is 6.29. The van der Waals surface area contributed by atoms with E-state index in [2.05, 4.69) is 10.3 Å². The molecule has 0 amide bonds. The second kappa shape index (κ2) is 6.52. The van der Waals surface area contributed by atoms with Crippen LogP contribution < -0.4 is 10.1 Å². The van der Waals surface area contributed by atoms with Crippen LogP contribution in [0.3, 0.4) is 0 Å². The van der Waals surface area contributed by atoms with E-state index in [0.29, 0.717) is 6.54 Å². The molecule has 2 aromatic rings. The lowest BCUT2D eigenvalue weighted by Crippen LogP contribution is -2.31. The number of thiazole rings is 1. The van der Waals surface area contributed by atoms with Crippen LogP contribution in [0.4, 0.5) is 5.13 Å². The van der Waals surface area contributed by atoms with Crippen molar-refractivity contribution >= 4 is 32.7 Å². The van der Waals surface area contributed by atoms with E-state index in [0.717, 1.165) is 46.8 Å². The maximum atomic E-state index is 11.3. The van der Waals surface area contributed by atoms with Crippen molar-refractivity contribution in [1.82, 2.24) is 4.98 Å². The van der Waals surface area contributed by atoms with Crippen LogP contribution in [0.5, 0.6) is 5.75 Å². The van der Waals surface area contributed by atoms with Crippen LogP contribution in [0, 0.1) is 11.8 Å². The SMILES string of the molecule is COc1ccc2nc(NC[C@@H]3CCCC[C@@H]3C(=O)O)sc2c1. The van der Waals surface area contributed by atoms with Gasteiger partial charge in [0, 0.05) is 6.54 Å². The molecule has 2 atom stereocenters. The Bertz CT molecular complexity index is 670. The van der Waals surface area contributed by atoms with Gasteiger partial charge >= 0.3 is 5.97 Å². The van der Waals surface area contributed by atoms with Crippen molar-refractivity contribution < 1.29 is 14.6 Å². The van der Waals surface area contributed by atoms with Crippen molar-refractivity contribution in [1.29, 1.82) is 0 Å². The van der Waals surface area contributed by atoms with Crippen LogP contribution in [0.25, 0.3) is 10.2 Å². The monoisotopic (exact) mass is 320 g/mol. The topological polar surface area (TPSA) is 71.5 Å². The number of aromatic nitrogens is 1. The largest absolute Gasteiger partial charge is 0.497 e. The quantitative estimate of drug-likeness (QED) is 0.880. The highest BCUT2D eigenvalue weighted by Crippen LogP contribution is 2.32.